The lowest BCUT2D eigenvalue weighted by Gasteiger charge is -2.35. The van der Waals surface area contributed by atoms with Gasteiger partial charge in [-0.25, -0.2) is 0 Å². The number of amides is 2. The standard InChI is InChI=1S/C24H33N3O2/c1-17-5-4-14-27(16-17)24(29)19-10-8-18(9-11-19)23(28)25-13-12-20-15-26-22-7-3-2-6-21(20)22/h2-3,6-7,15,17-19,26H,4-5,8-14,16H2,1H3,(H,25,28). The molecule has 0 bridgehead atoms. The molecule has 1 aromatic carbocycles. The van der Waals surface area contributed by atoms with Gasteiger partial charge in [-0.05, 0) is 62.5 Å². The summed E-state index contributed by atoms with van der Waals surface area (Å²) in [5.41, 5.74) is 2.38. The Bertz CT molecular complexity index is 851. The van der Waals surface area contributed by atoms with Gasteiger partial charge in [-0.1, -0.05) is 25.1 Å². The number of carbonyl (C=O) groups excluding carboxylic acids is 2. The first-order valence-corrected chi connectivity index (χ1v) is 11.2. The van der Waals surface area contributed by atoms with Crippen LogP contribution in [0.25, 0.3) is 10.9 Å². The van der Waals surface area contributed by atoms with Gasteiger partial charge < -0.3 is 15.2 Å². The maximum atomic E-state index is 12.8. The predicted molar refractivity (Wildman–Crippen MR) is 115 cm³/mol. The molecule has 1 unspecified atom stereocenters. The fourth-order valence-corrected chi connectivity index (χ4v) is 5.05. The highest BCUT2D eigenvalue weighted by molar-refractivity contribution is 5.83. The zero-order chi connectivity index (χ0) is 20.2. The van der Waals surface area contributed by atoms with Crippen LogP contribution in [-0.2, 0) is 16.0 Å². The van der Waals surface area contributed by atoms with Crippen molar-refractivity contribution >= 4 is 22.7 Å². The van der Waals surface area contributed by atoms with Crippen molar-refractivity contribution in [3.8, 4) is 0 Å². The van der Waals surface area contributed by atoms with Crippen LogP contribution in [0.3, 0.4) is 0 Å². The summed E-state index contributed by atoms with van der Waals surface area (Å²) in [4.78, 5) is 30.8. The van der Waals surface area contributed by atoms with E-state index in [-0.39, 0.29) is 17.7 Å². The summed E-state index contributed by atoms with van der Waals surface area (Å²) in [6, 6.07) is 8.26. The molecule has 1 aliphatic heterocycles. The molecule has 1 aliphatic carbocycles. The van der Waals surface area contributed by atoms with E-state index in [0.717, 1.165) is 57.1 Å². The first-order chi connectivity index (χ1) is 14.1. The van der Waals surface area contributed by atoms with Crippen molar-refractivity contribution in [2.45, 2.75) is 51.9 Å². The molecule has 1 saturated carbocycles. The van der Waals surface area contributed by atoms with Crippen molar-refractivity contribution in [1.82, 2.24) is 15.2 Å². The number of nitrogens with one attached hydrogen (secondary N) is 2. The number of aromatic nitrogens is 1. The van der Waals surface area contributed by atoms with E-state index in [0.29, 0.717) is 18.4 Å². The number of aromatic amines is 1. The van der Waals surface area contributed by atoms with Gasteiger partial charge in [0.15, 0.2) is 0 Å². The number of fused-ring (bicyclic) bond motifs is 1. The third-order valence-corrected chi connectivity index (χ3v) is 6.78. The average molecular weight is 396 g/mol. The fourth-order valence-electron chi connectivity index (χ4n) is 5.05. The molecule has 2 fully saturated rings. The Morgan fingerprint density at radius 1 is 1.10 bits per heavy atom. The summed E-state index contributed by atoms with van der Waals surface area (Å²) >= 11 is 0. The van der Waals surface area contributed by atoms with Crippen LogP contribution in [0.2, 0.25) is 0 Å². The molecule has 1 atom stereocenters. The molecule has 0 radical (unpaired) electrons. The van der Waals surface area contributed by atoms with Gasteiger partial charge in [-0.15, -0.1) is 0 Å². The van der Waals surface area contributed by atoms with Crippen molar-refractivity contribution in [3.63, 3.8) is 0 Å². The Balaban J connectivity index is 1.21. The molecule has 1 aromatic heterocycles. The quantitative estimate of drug-likeness (QED) is 0.807. The Hall–Kier alpha value is -2.30. The van der Waals surface area contributed by atoms with Crippen molar-refractivity contribution < 1.29 is 9.59 Å². The summed E-state index contributed by atoms with van der Waals surface area (Å²) in [5, 5.41) is 4.35. The van der Waals surface area contributed by atoms with Crippen LogP contribution in [0.4, 0.5) is 0 Å². The van der Waals surface area contributed by atoms with Gasteiger partial charge in [0.1, 0.15) is 0 Å². The summed E-state index contributed by atoms with van der Waals surface area (Å²) in [7, 11) is 0. The second-order valence-electron chi connectivity index (χ2n) is 8.98. The number of nitrogens with zero attached hydrogens (tertiary/aromatic N) is 1. The maximum absolute atomic E-state index is 12.8. The second kappa shape index (κ2) is 9.02. The summed E-state index contributed by atoms with van der Waals surface area (Å²) in [6.45, 7) is 4.71. The van der Waals surface area contributed by atoms with Crippen LogP contribution < -0.4 is 5.32 Å². The minimum atomic E-state index is 0.0577. The average Bonchev–Trinajstić information content (AvgIpc) is 3.16. The zero-order valence-corrected chi connectivity index (χ0v) is 17.5. The Kier molecular flexibility index (Phi) is 6.22. The van der Waals surface area contributed by atoms with Gasteiger partial charge >= 0.3 is 0 Å². The molecule has 2 N–H and O–H groups in total. The van der Waals surface area contributed by atoms with Crippen LogP contribution in [-0.4, -0.2) is 41.3 Å². The number of H-pyrrole nitrogens is 1. The number of rotatable bonds is 5. The maximum Gasteiger partial charge on any atom is 0.225 e. The second-order valence-corrected chi connectivity index (χ2v) is 8.98. The topological polar surface area (TPSA) is 65.2 Å². The van der Waals surface area contributed by atoms with Crippen LogP contribution >= 0.6 is 0 Å². The number of para-hydroxylation sites is 1. The van der Waals surface area contributed by atoms with Crippen LogP contribution in [0.1, 0.15) is 51.0 Å². The molecule has 2 aliphatic rings. The lowest BCUT2D eigenvalue weighted by Crippen LogP contribution is -2.44. The molecule has 0 spiro atoms. The lowest BCUT2D eigenvalue weighted by atomic mass is 9.80. The number of hydrogen-bond acceptors (Lipinski definition) is 2. The van der Waals surface area contributed by atoms with E-state index in [1.165, 1.54) is 17.4 Å². The largest absolute Gasteiger partial charge is 0.361 e. The first kappa shape index (κ1) is 20.0. The number of piperidine rings is 1. The first-order valence-electron chi connectivity index (χ1n) is 11.2. The fraction of sp³-hybridized carbons (Fsp3) is 0.583. The van der Waals surface area contributed by atoms with E-state index in [4.69, 9.17) is 0 Å². The highest BCUT2D eigenvalue weighted by Gasteiger charge is 2.33. The molecule has 156 valence electrons. The molecule has 2 amide bonds. The Labute approximate surface area is 173 Å². The summed E-state index contributed by atoms with van der Waals surface area (Å²) in [6.07, 6.45) is 8.59. The highest BCUT2D eigenvalue weighted by atomic mass is 16.2. The van der Waals surface area contributed by atoms with Crippen LogP contribution in [0, 0.1) is 17.8 Å². The third kappa shape index (κ3) is 4.65. The molecule has 29 heavy (non-hydrogen) atoms. The third-order valence-electron chi connectivity index (χ3n) is 6.78. The van der Waals surface area contributed by atoms with Crippen LogP contribution in [0.5, 0.6) is 0 Å². The van der Waals surface area contributed by atoms with Gasteiger partial charge in [0.2, 0.25) is 11.8 Å². The smallest absolute Gasteiger partial charge is 0.225 e. The summed E-state index contributed by atoms with van der Waals surface area (Å²) in [5.74, 6) is 1.28. The molecule has 5 heteroatoms. The molecular formula is C24H33N3O2. The van der Waals surface area contributed by atoms with Crippen molar-refractivity contribution in [3.05, 3.63) is 36.0 Å². The monoisotopic (exact) mass is 395 g/mol. The van der Waals surface area contributed by atoms with E-state index in [1.807, 2.05) is 18.3 Å². The molecule has 5 nitrogen and oxygen atoms in total. The predicted octanol–water partition coefficient (Wildman–Crippen LogP) is 3.89. The van der Waals surface area contributed by atoms with Crippen LogP contribution in [0.15, 0.2) is 30.5 Å². The molecule has 2 aromatic rings. The van der Waals surface area contributed by atoms with Crippen molar-refractivity contribution in [2.75, 3.05) is 19.6 Å². The van der Waals surface area contributed by atoms with E-state index >= 15 is 0 Å². The number of carbonyl (C=O) groups is 2. The van der Waals surface area contributed by atoms with Gasteiger partial charge in [0, 0.05) is 48.6 Å². The van der Waals surface area contributed by atoms with E-state index < -0.39 is 0 Å². The normalized spacial score (nSPS) is 25.1. The summed E-state index contributed by atoms with van der Waals surface area (Å²) < 4.78 is 0. The minimum Gasteiger partial charge on any atom is -0.361 e. The Morgan fingerprint density at radius 3 is 2.66 bits per heavy atom. The molecular weight excluding hydrogens is 362 g/mol. The molecule has 1 saturated heterocycles. The van der Waals surface area contributed by atoms with E-state index in [2.05, 4.69) is 34.3 Å². The van der Waals surface area contributed by atoms with Gasteiger partial charge in [0.05, 0.1) is 0 Å². The van der Waals surface area contributed by atoms with Crippen molar-refractivity contribution in [2.24, 2.45) is 17.8 Å². The number of benzene rings is 1. The number of hydrogen-bond donors (Lipinski definition) is 2. The Morgan fingerprint density at radius 2 is 1.86 bits per heavy atom. The zero-order valence-electron chi connectivity index (χ0n) is 17.5. The van der Waals surface area contributed by atoms with Crippen molar-refractivity contribution in [1.29, 1.82) is 0 Å². The van der Waals surface area contributed by atoms with E-state index in [1.54, 1.807) is 0 Å². The van der Waals surface area contributed by atoms with E-state index in [9.17, 15) is 9.59 Å². The lowest BCUT2D eigenvalue weighted by molar-refractivity contribution is -0.140. The highest BCUT2D eigenvalue weighted by Crippen LogP contribution is 2.31. The molecule has 2 heterocycles. The molecule has 4 rings (SSSR count). The minimum absolute atomic E-state index is 0.0577. The SMILES string of the molecule is CC1CCCN(C(=O)C2CCC(C(=O)NCCc3c[nH]c4ccccc34)CC2)C1. The van der Waals surface area contributed by atoms with Gasteiger partial charge in [-0.2, -0.15) is 0 Å². The van der Waals surface area contributed by atoms with Gasteiger partial charge in [-0.3, -0.25) is 9.59 Å². The van der Waals surface area contributed by atoms with Gasteiger partial charge in [0.25, 0.3) is 0 Å². The number of likely N-dealkylation sites (tertiary alicyclic amines) is 1.